The Bertz CT molecular complexity index is 1040. The molecule has 3 aromatic rings. The second-order valence-electron chi connectivity index (χ2n) is 6.92. The summed E-state index contributed by atoms with van der Waals surface area (Å²) in [7, 11) is 0. The Hall–Kier alpha value is -2.12. The number of thioether (sulfide) groups is 1. The molecule has 0 aliphatic heterocycles. The van der Waals surface area contributed by atoms with E-state index in [2.05, 4.69) is 24.1 Å². The molecule has 7 heteroatoms. The average Bonchev–Trinajstić information content (AvgIpc) is 3.08. The summed E-state index contributed by atoms with van der Waals surface area (Å²) in [5.41, 5.74) is 3.69. The van der Waals surface area contributed by atoms with E-state index in [4.69, 9.17) is 0 Å². The van der Waals surface area contributed by atoms with Gasteiger partial charge in [0.15, 0.2) is 5.16 Å². The van der Waals surface area contributed by atoms with E-state index in [-0.39, 0.29) is 17.2 Å². The van der Waals surface area contributed by atoms with E-state index in [1.807, 2.05) is 43.5 Å². The third kappa shape index (κ3) is 4.42. The lowest BCUT2D eigenvalue weighted by Gasteiger charge is -2.14. The maximum absolute atomic E-state index is 12.8. The summed E-state index contributed by atoms with van der Waals surface area (Å²) in [5, 5.41) is 5.42. The fourth-order valence-corrected chi connectivity index (χ4v) is 4.35. The molecule has 0 saturated heterocycles. The standard InChI is InChI=1S/C20H23N3O2S2/c1-12(2)10-23-19(25)18-16(8-9-26-18)22-20(23)27-11-17(24)21-15-7-5-6-13(3)14(15)4/h5-9,12H,10-11H2,1-4H3,(H,21,24). The number of nitrogens with one attached hydrogen (secondary N) is 1. The van der Waals surface area contributed by atoms with E-state index >= 15 is 0 Å². The molecule has 1 N–H and O–H groups in total. The van der Waals surface area contributed by atoms with Crippen molar-refractivity contribution < 1.29 is 4.79 Å². The first-order valence-electron chi connectivity index (χ1n) is 8.83. The van der Waals surface area contributed by atoms with Crippen LogP contribution in [0.15, 0.2) is 39.6 Å². The van der Waals surface area contributed by atoms with Crippen LogP contribution in [0.5, 0.6) is 0 Å². The van der Waals surface area contributed by atoms with Crippen LogP contribution < -0.4 is 10.9 Å². The van der Waals surface area contributed by atoms with Gasteiger partial charge in [-0.1, -0.05) is 37.7 Å². The van der Waals surface area contributed by atoms with Crippen LogP contribution in [-0.4, -0.2) is 21.2 Å². The van der Waals surface area contributed by atoms with E-state index in [0.717, 1.165) is 16.8 Å². The van der Waals surface area contributed by atoms with Gasteiger partial charge in [-0.3, -0.25) is 14.2 Å². The molecule has 0 atom stereocenters. The number of benzene rings is 1. The van der Waals surface area contributed by atoms with Gasteiger partial charge in [0.05, 0.1) is 11.3 Å². The van der Waals surface area contributed by atoms with Crippen LogP contribution >= 0.6 is 23.1 Å². The fraction of sp³-hybridized carbons (Fsp3) is 0.350. The maximum Gasteiger partial charge on any atom is 0.272 e. The highest BCUT2D eigenvalue weighted by Crippen LogP contribution is 2.23. The van der Waals surface area contributed by atoms with Crippen molar-refractivity contribution in [2.45, 2.75) is 39.4 Å². The first-order valence-corrected chi connectivity index (χ1v) is 10.7. The van der Waals surface area contributed by atoms with Crippen molar-refractivity contribution in [3.63, 3.8) is 0 Å². The van der Waals surface area contributed by atoms with E-state index in [0.29, 0.717) is 27.8 Å². The smallest absolute Gasteiger partial charge is 0.272 e. The third-order valence-electron chi connectivity index (χ3n) is 4.29. The number of rotatable bonds is 6. The van der Waals surface area contributed by atoms with Gasteiger partial charge in [0.2, 0.25) is 5.91 Å². The molecule has 0 aliphatic rings. The second kappa shape index (κ2) is 8.27. The Labute approximate surface area is 166 Å². The highest BCUT2D eigenvalue weighted by molar-refractivity contribution is 7.99. The highest BCUT2D eigenvalue weighted by atomic mass is 32.2. The van der Waals surface area contributed by atoms with Gasteiger partial charge in [-0.25, -0.2) is 4.98 Å². The van der Waals surface area contributed by atoms with Gasteiger partial charge >= 0.3 is 0 Å². The van der Waals surface area contributed by atoms with Crippen LogP contribution in [-0.2, 0) is 11.3 Å². The average molecular weight is 402 g/mol. The van der Waals surface area contributed by atoms with Crippen LogP contribution in [0.4, 0.5) is 5.69 Å². The third-order valence-corrected chi connectivity index (χ3v) is 6.16. The predicted molar refractivity (Wildman–Crippen MR) is 114 cm³/mol. The molecule has 0 radical (unpaired) electrons. The lowest BCUT2D eigenvalue weighted by atomic mass is 10.1. The number of amides is 1. The molecule has 2 heterocycles. The SMILES string of the molecule is Cc1cccc(NC(=O)CSc2nc3ccsc3c(=O)n2CC(C)C)c1C. The summed E-state index contributed by atoms with van der Waals surface area (Å²) >= 11 is 2.71. The zero-order valence-corrected chi connectivity index (χ0v) is 17.5. The Morgan fingerprint density at radius 1 is 1.30 bits per heavy atom. The number of nitrogens with zero attached hydrogens (tertiary/aromatic N) is 2. The summed E-state index contributed by atoms with van der Waals surface area (Å²) in [6.07, 6.45) is 0. The number of hydrogen-bond donors (Lipinski definition) is 1. The zero-order valence-electron chi connectivity index (χ0n) is 15.9. The largest absolute Gasteiger partial charge is 0.325 e. The van der Waals surface area contributed by atoms with Crippen molar-refractivity contribution in [1.29, 1.82) is 0 Å². The molecule has 0 saturated carbocycles. The monoisotopic (exact) mass is 401 g/mol. The molecule has 2 aromatic heterocycles. The van der Waals surface area contributed by atoms with Gasteiger partial charge in [0, 0.05) is 12.2 Å². The van der Waals surface area contributed by atoms with Crippen LogP contribution in [0.25, 0.3) is 10.2 Å². The molecule has 0 unspecified atom stereocenters. The second-order valence-corrected chi connectivity index (χ2v) is 8.78. The molecule has 142 valence electrons. The van der Waals surface area contributed by atoms with Crippen LogP contribution in [0.3, 0.4) is 0 Å². The molecule has 1 aromatic carbocycles. The van der Waals surface area contributed by atoms with Crippen LogP contribution in [0.1, 0.15) is 25.0 Å². The van der Waals surface area contributed by atoms with Crippen LogP contribution in [0, 0.1) is 19.8 Å². The lowest BCUT2D eigenvalue weighted by Crippen LogP contribution is -2.25. The molecule has 0 fully saturated rings. The topological polar surface area (TPSA) is 64.0 Å². The molecule has 0 spiro atoms. The fourth-order valence-electron chi connectivity index (χ4n) is 2.76. The molecule has 1 amide bonds. The molecule has 0 aliphatic carbocycles. The summed E-state index contributed by atoms with van der Waals surface area (Å²) < 4.78 is 2.36. The van der Waals surface area contributed by atoms with E-state index in [1.54, 1.807) is 4.57 Å². The number of aryl methyl sites for hydroxylation is 1. The summed E-state index contributed by atoms with van der Waals surface area (Å²) in [4.78, 5) is 29.8. The number of carbonyl (C=O) groups excluding carboxylic acids is 1. The lowest BCUT2D eigenvalue weighted by molar-refractivity contribution is -0.113. The summed E-state index contributed by atoms with van der Waals surface area (Å²) in [6, 6.07) is 7.69. The minimum atomic E-state index is -0.107. The van der Waals surface area contributed by atoms with Crippen LogP contribution in [0.2, 0.25) is 0 Å². The van der Waals surface area contributed by atoms with Crippen molar-refractivity contribution in [3.05, 3.63) is 51.1 Å². The van der Waals surface area contributed by atoms with Crippen molar-refractivity contribution in [3.8, 4) is 0 Å². The Balaban J connectivity index is 1.80. The summed E-state index contributed by atoms with van der Waals surface area (Å²) in [5.74, 6) is 0.405. The first-order chi connectivity index (χ1) is 12.9. The number of carbonyl (C=O) groups is 1. The predicted octanol–water partition coefficient (Wildman–Crippen LogP) is 4.46. The normalized spacial score (nSPS) is 11.3. The molecular formula is C20H23N3O2S2. The van der Waals surface area contributed by atoms with Gasteiger partial charge in [-0.15, -0.1) is 11.3 Å². The minimum Gasteiger partial charge on any atom is -0.325 e. The molecule has 0 bridgehead atoms. The zero-order chi connectivity index (χ0) is 19.6. The Kier molecular flexibility index (Phi) is 6.01. The van der Waals surface area contributed by atoms with Gasteiger partial charge in [0.25, 0.3) is 5.56 Å². The molecule has 3 rings (SSSR count). The van der Waals surface area contributed by atoms with Gasteiger partial charge in [-0.05, 0) is 48.4 Å². The summed E-state index contributed by atoms with van der Waals surface area (Å²) in [6.45, 7) is 8.72. The minimum absolute atomic E-state index is 0.0267. The van der Waals surface area contributed by atoms with E-state index in [1.165, 1.54) is 23.1 Å². The van der Waals surface area contributed by atoms with Gasteiger partial charge in [0.1, 0.15) is 4.70 Å². The Morgan fingerprint density at radius 3 is 2.81 bits per heavy atom. The molecule has 27 heavy (non-hydrogen) atoms. The van der Waals surface area contributed by atoms with Crippen molar-refractivity contribution in [2.24, 2.45) is 5.92 Å². The van der Waals surface area contributed by atoms with E-state index < -0.39 is 0 Å². The van der Waals surface area contributed by atoms with E-state index in [9.17, 15) is 9.59 Å². The van der Waals surface area contributed by atoms with Crippen molar-refractivity contribution in [1.82, 2.24) is 9.55 Å². The van der Waals surface area contributed by atoms with Crippen molar-refractivity contribution in [2.75, 3.05) is 11.1 Å². The number of thiophene rings is 1. The maximum atomic E-state index is 12.8. The molecule has 5 nitrogen and oxygen atoms in total. The Morgan fingerprint density at radius 2 is 2.07 bits per heavy atom. The first kappa shape index (κ1) is 19.6. The highest BCUT2D eigenvalue weighted by Gasteiger charge is 2.15. The number of hydrogen-bond acceptors (Lipinski definition) is 5. The molecular weight excluding hydrogens is 378 g/mol. The number of fused-ring (bicyclic) bond motifs is 1. The number of aromatic nitrogens is 2. The van der Waals surface area contributed by atoms with Gasteiger partial charge in [-0.2, -0.15) is 0 Å². The van der Waals surface area contributed by atoms with Gasteiger partial charge < -0.3 is 5.32 Å². The van der Waals surface area contributed by atoms with Crippen molar-refractivity contribution >= 4 is 44.9 Å². The quantitative estimate of drug-likeness (QED) is 0.489. The number of anilines is 1.